The molecule has 16 heavy (non-hydrogen) atoms. The zero-order valence-corrected chi connectivity index (χ0v) is 10.9. The van der Waals surface area contributed by atoms with Crippen LogP contribution in [-0.2, 0) is 11.8 Å². The Morgan fingerprint density at radius 1 is 1.25 bits per heavy atom. The fourth-order valence-electron chi connectivity index (χ4n) is 2.47. The number of nitrogens with two attached hydrogens (primary N) is 1. The largest absolute Gasteiger partial charge is 0.324 e. The summed E-state index contributed by atoms with van der Waals surface area (Å²) in [6, 6.07) is 7.10. The molecule has 88 valence electrons. The van der Waals surface area contributed by atoms with Gasteiger partial charge >= 0.3 is 0 Å². The van der Waals surface area contributed by atoms with Crippen molar-refractivity contribution in [2.45, 2.75) is 52.0 Å². The Hall–Kier alpha value is -0.820. The fraction of sp³-hybridized carbons (Fsp3) is 0.600. The van der Waals surface area contributed by atoms with Gasteiger partial charge in [-0.3, -0.25) is 0 Å². The molecule has 2 unspecified atom stereocenters. The van der Waals surface area contributed by atoms with Crippen molar-refractivity contribution in [3.05, 3.63) is 34.9 Å². The van der Waals surface area contributed by atoms with Crippen LogP contribution in [0.2, 0.25) is 0 Å². The molecule has 0 saturated heterocycles. The number of fused-ring (bicyclic) bond motifs is 1. The fourth-order valence-corrected chi connectivity index (χ4v) is 2.47. The molecule has 2 atom stereocenters. The Kier molecular flexibility index (Phi) is 2.83. The van der Waals surface area contributed by atoms with Gasteiger partial charge in [-0.2, -0.15) is 0 Å². The first-order chi connectivity index (χ1) is 7.39. The number of benzene rings is 1. The van der Waals surface area contributed by atoms with Crippen LogP contribution in [0.15, 0.2) is 18.2 Å². The Balaban J connectivity index is 2.45. The molecule has 0 bridgehead atoms. The molecule has 0 heterocycles. The molecule has 2 N–H and O–H groups in total. The Labute approximate surface area is 99.0 Å². The van der Waals surface area contributed by atoms with E-state index in [1.807, 2.05) is 0 Å². The maximum atomic E-state index is 6.30. The van der Waals surface area contributed by atoms with Crippen LogP contribution in [0.3, 0.4) is 0 Å². The smallest absolute Gasteiger partial charge is 0.0323 e. The van der Waals surface area contributed by atoms with Gasteiger partial charge in [-0.15, -0.1) is 0 Å². The molecule has 0 saturated carbocycles. The third-order valence-electron chi connectivity index (χ3n) is 3.85. The van der Waals surface area contributed by atoms with Gasteiger partial charge in [0.05, 0.1) is 0 Å². The highest BCUT2D eigenvalue weighted by molar-refractivity contribution is 5.38. The minimum absolute atomic E-state index is 0.218. The highest BCUT2D eigenvalue weighted by Gasteiger charge is 2.25. The van der Waals surface area contributed by atoms with Crippen LogP contribution < -0.4 is 5.73 Å². The molecular weight excluding hydrogens is 194 g/mol. The zero-order chi connectivity index (χ0) is 11.9. The topological polar surface area (TPSA) is 26.0 Å². The van der Waals surface area contributed by atoms with Gasteiger partial charge in [0, 0.05) is 6.04 Å². The van der Waals surface area contributed by atoms with Gasteiger partial charge in [0.2, 0.25) is 0 Å². The van der Waals surface area contributed by atoms with E-state index in [-0.39, 0.29) is 11.5 Å². The highest BCUT2D eigenvalue weighted by Crippen LogP contribution is 2.35. The summed E-state index contributed by atoms with van der Waals surface area (Å²) in [7, 11) is 0. The highest BCUT2D eigenvalue weighted by atomic mass is 14.7. The maximum absolute atomic E-state index is 6.30. The number of hydrogen-bond donors (Lipinski definition) is 1. The molecule has 0 aromatic heterocycles. The second kappa shape index (κ2) is 3.89. The summed E-state index contributed by atoms with van der Waals surface area (Å²) in [5.74, 6) is 0.614. The molecule has 1 aromatic rings. The van der Waals surface area contributed by atoms with Gasteiger partial charge in [0.15, 0.2) is 0 Å². The van der Waals surface area contributed by atoms with Gasteiger partial charge in [-0.1, -0.05) is 45.9 Å². The van der Waals surface area contributed by atoms with Crippen molar-refractivity contribution >= 4 is 0 Å². The van der Waals surface area contributed by atoms with E-state index in [0.29, 0.717) is 5.92 Å². The maximum Gasteiger partial charge on any atom is 0.0323 e. The van der Waals surface area contributed by atoms with Crippen LogP contribution in [-0.4, -0.2) is 0 Å². The molecule has 1 aliphatic carbocycles. The van der Waals surface area contributed by atoms with Crippen molar-refractivity contribution in [2.24, 2.45) is 11.7 Å². The van der Waals surface area contributed by atoms with E-state index in [4.69, 9.17) is 5.73 Å². The molecule has 0 radical (unpaired) electrons. The average molecular weight is 217 g/mol. The lowest BCUT2D eigenvalue weighted by Gasteiger charge is -2.30. The molecule has 1 nitrogen and oxygen atoms in total. The summed E-state index contributed by atoms with van der Waals surface area (Å²) < 4.78 is 0. The van der Waals surface area contributed by atoms with Gasteiger partial charge in [-0.05, 0) is 40.9 Å². The summed E-state index contributed by atoms with van der Waals surface area (Å²) in [5.41, 5.74) is 10.8. The third-order valence-corrected chi connectivity index (χ3v) is 3.85. The Morgan fingerprint density at radius 3 is 2.56 bits per heavy atom. The van der Waals surface area contributed by atoms with Crippen LogP contribution in [0.1, 0.15) is 56.8 Å². The van der Waals surface area contributed by atoms with Crippen LogP contribution >= 0.6 is 0 Å². The number of aryl methyl sites for hydroxylation is 1. The SMILES string of the molecule is CC1CCc2ccc(C(C)(C)C)cc2C1N. The van der Waals surface area contributed by atoms with E-state index >= 15 is 0 Å². The molecule has 0 amide bonds. The minimum atomic E-state index is 0.218. The first kappa shape index (κ1) is 11.7. The lowest BCUT2D eigenvalue weighted by Crippen LogP contribution is -2.26. The standard InChI is InChI=1S/C15H23N/c1-10-5-6-11-7-8-12(15(2,3)4)9-13(11)14(10)16/h7-10,14H,5-6,16H2,1-4H3. The normalized spacial score (nSPS) is 25.3. The van der Waals surface area contributed by atoms with Crippen LogP contribution in [0.4, 0.5) is 0 Å². The summed E-state index contributed by atoms with van der Waals surface area (Å²) in [6.45, 7) is 9.03. The summed E-state index contributed by atoms with van der Waals surface area (Å²) in [4.78, 5) is 0. The van der Waals surface area contributed by atoms with E-state index in [2.05, 4.69) is 45.9 Å². The molecule has 0 aliphatic heterocycles. The van der Waals surface area contributed by atoms with Crippen molar-refractivity contribution in [3.8, 4) is 0 Å². The van der Waals surface area contributed by atoms with E-state index < -0.39 is 0 Å². The summed E-state index contributed by atoms with van der Waals surface area (Å²) >= 11 is 0. The molecule has 1 aromatic carbocycles. The predicted octanol–water partition coefficient (Wildman–Crippen LogP) is 3.57. The average Bonchev–Trinajstić information content (AvgIpc) is 2.22. The quantitative estimate of drug-likeness (QED) is 0.706. The molecule has 2 rings (SSSR count). The van der Waals surface area contributed by atoms with E-state index in [1.54, 1.807) is 0 Å². The molecular formula is C15H23N. The molecule has 0 fully saturated rings. The second-order valence-electron chi connectivity index (χ2n) is 6.21. The Morgan fingerprint density at radius 2 is 1.94 bits per heavy atom. The second-order valence-corrected chi connectivity index (χ2v) is 6.21. The third kappa shape index (κ3) is 2.01. The number of hydrogen-bond acceptors (Lipinski definition) is 1. The first-order valence-corrected chi connectivity index (χ1v) is 6.28. The van der Waals surface area contributed by atoms with Crippen LogP contribution in [0.5, 0.6) is 0 Å². The monoisotopic (exact) mass is 217 g/mol. The van der Waals surface area contributed by atoms with E-state index in [0.717, 1.165) is 0 Å². The van der Waals surface area contributed by atoms with Gasteiger partial charge < -0.3 is 5.73 Å². The predicted molar refractivity (Wildman–Crippen MR) is 69.6 cm³/mol. The molecule has 1 aliphatic rings. The lowest BCUT2D eigenvalue weighted by atomic mass is 9.77. The molecule has 0 spiro atoms. The van der Waals surface area contributed by atoms with Gasteiger partial charge in [0.1, 0.15) is 0 Å². The Bertz CT molecular complexity index is 387. The van der Waals surface area contributed by atoms with Crippen LogP contribution in [0.25, 0.3) is 0 Å². The first-order valence-electron chi connectivity index (χ1n) is 6.28. The van der Waals surface area contributed by atoms with Gasteiger partial charge in [0.25, 0.3) is 0 Å². The van der Waals surface area contributed by atoms with Crippen molar-refractivity contribution in [3.63, 3.8) is 0 Å². The summed E-state index contributed by atoms with van der Waals surface area (Å²) in [5, 5.41) is 0. The zero-order valence-electron chi connectivity index (χ0n) is 10.9. The van der Waals surface area contributed by atoms with Crippen molar-refractivity contribution in [1.82, 2.24) is 0 Å². The van der Waals surface area contributed by atoms with Gasteiger partial charge in [-0.25, -0.2) is 0 Å². The van der Waals surface area contributed by atoms with Crippen LogP contribution in [0, 0.1) is 5.92 Å². The minimum Gasteiger partial charge on any atom is -0.324 e. The summed E-state index contributed by atoms with van der Waals surface area (Å²) in [6.07, 6.45) is 2.41. The molecule has 1 heteroatoms. The van der Waals surface area contributed by atoms with E-state index in [1.165, 1.54) is 29.5 Å². The lowest BCUT2D eigenvalue weighted by molar-refractivity contribution is 0.410. The van der Waals surface area contributed by atoms with Crippen molar-refractivity contribution < 1.29 is 0 Å². The number of rotatable bonds is 0. The van der Waals surface area contributed by atoms with Crippen molar-refractivity contribution in [2.75, 3.05) is 0 Å². The van der Waals surface area contributed by atoms with Crippen molar-refractivity contribution in [1.29, 1.82) is 0 Å². The van der Waals surface area contributed by atoms with E-state index in [9.17, 15) is 0 Å².